The van der Waals surface area contributed by atoms with E-state index >= 15 is 0 Å². The van der Waals surface area contributed by atoms with E-state index in [0.717, 1.165) is 71.4 Å². The van der Waals surface area contributed by atoms with Crippen molar-refractivity contribution in [1.82, 2.24) is 20.6 Å². The summed E-state index contributed by atoms with van der Waals surface area (Å²) >= 11 is 5.68. The molecule has 16 nitrogen and oxygen atoms in total. The van der Waals surface area contributed by atoms with Crippen LogP contribution in [0.5, 0.6) is 5.75 Å². The molecule has 2 saturated heterocycles. The van der Waals surface area contributed by atoms with Gasteiger partial charge in [0.1, 0.15) is 35.6 Å². The zero-order valence-electron chi connectivity index (χ0n) is 46.2. The monoisotopic (exact) mass is 1140 g/mol. The number of alkyl halides is 3. The summed E-state index contributed by atoms with van der Waals surface area (Å²) in [6, 6.07) is 35.9. The average molecular weight is 1140 g/mol. The highest BCUT2D eigenvalue weighted by Crippen LogP contribution is 2.43. The van der Waals surface area contributed by atoms with Crippen LogP contribution in [0.25, 0.3) is 22.3 Å². The maximum Gasteiger partial charge on any atom is 0.417 e. The van der Waals surface area contributed by atoms with E-state index in [0.29, 0.717) is 98.7 Å². The van der Waals surface area contributed by atoms with Gasteiger partial charge in [-0.25, -0.2) is 9.97 Å². The molecule has 1 saturated carbocycles. The maximum atomic E-state index is 13.9. The number of hydrogen-bond acceptors (Lipinski definition) is 13. The van der Waals surface area contributed by atoms with Crippen LogP contribution in [0.1, 0.15) is 91.9 Å². The lowest BCUT2D eigenvalue weighted by Crippen LogP contribution is -2.48. The molecule has 0 radical (unpaired) electrons. The molecular formula is C62H66F3N9O7S. The van der Waals surface area contributed by atoms with Crippen LogP contribution in [0, 0.1) is 24.2 Å². The van der Waals surface area contributed by atoms with Gasteiger partial charge in [0.05, 0.1) is 74.3 Å². The first-order valence-electron chi connectivity index (χ1n) is 27.5. The van der Waals surface area contributed by atoms with E-state index in [4.69, 9.17) is 46.9 Å². The molecule has 3 amide bonds. The molecule has 5 aromatic carbocycles. The van der Waals surface area contributed by atoms with Gasteiger partial charge >= 0.3 is 6.18 Å². The van der Waals surface area contributed by atoms with Crippen LogP contribution in [0.4, 0.5) is 36.1 Å². The number of aromatic nitrogens is 2. The minimum absolute atomic E-state index is 0.0170. The number of aryl methyl sites for hydroxylation is 1. The van der Waals surface area contributed by atoms with Crippen molar-refractivity contribution in [2.75, 3.05) is 73.2 Å². The Morgan fingerprint density at radius 2 is 1.37 bits per heavy atom. The summed E-state index contributed by atoms with van der Waals surface area (Å²) in [7, 11) is 0. The fourth-order valence-electron chi connectivity index (χ4n) is 10.9. The lowest BCUT2D eigenvalue weighted by atomic mass is 9.84. The molecule has 1 aliphatic carbocycles. The minimum Gasteiger partial charge on any atom is -0.491 e. The first-order valence-corrected chi connectivity index (χ1v) is 27.9. The molecule has 428 valence electrons. The Morgan fingerprint density at radius 1 is 0.793 bits per heavy atom. The zero-order chi connectivity index (χ0) is 58.1. The van der Waals surface area contributed by atoms with Gasteiger partial charge < -0.3 is 45.1 Å². The van der Waals surface area contributed by atoms with Crippen molar-refractivity contribution in [2.24, 2.45) is 5.92 Å². The SMILES string of the molecule is Cc1nc([C@H](C)NC(=O)c2ccc(-c3ccc(N)cc3)cc2)cc(N2[C@H](C(=O)NCCOCCOCCOCCOc3ccc(-c4ccc(N5C(=S)N(c6ccc(C#N)c(C(F)(F)F)c6)C(=O)C5(C)C)cc4)cc3)C[C@@H]3CCCC[C@@H]32)n1. The van der Waals surface area contributed by atoms with E-state index in [1.54, 1.807) is 49.1 Å². The third-order valence-electron chi connectivity index (χ3n) is 15.1. The summed E-state index contributed by atoms with van der Waals surface area (Å²) in [6.07, 6.45) is 0.203. The van der Waals surface area contributed by atoms with Crippen LogP contribution in [0.3, 0.4) is 0 Å². The molecule has 9 rings (SSSR count). The third-order valence-corrected chi connectivity index (χ3v) is 15.5. The number of carbonyl (C=O) groups is 3. The summed E-state index contributed by atoms with van der Waals surface area (Å²) < 4.78 is 64.4. The molecular weight excluding hydrogens is 1070 g/mol. The first-order chi connectivity index (χ1) is 39.4. The fourth-order valence-corrected chi connectivity index (χ4v) is 11.4. The number of ether oxygens (including phenoxy) is 4. The van der Waals surface area contributed by atoms with Crippen molar-refractivity contribution in [1.29, 1.82) is 5.26 Å². The van der Waals surface area contributed by atoms with Gasteiger partial charge in [-0.1, -0.05) is 61.4 Å². The number of carbonyl (C=O) groups excluding carboxylic acids is 3. The molecule has 3 fully saturated rings. The molecule has 0 bridgehead atoms. The molecule has 3 aliphatic rings. The lowest BCUT2D eigenvalue weighted by Gasteiger charge is -2.35. The number of nitrogens with two attached hydrogens (primary N) is 1. The Balaban J connectivity index is 0.661. The second-order valence-corrected chi connectivity index (χ2v) is 21.4. The minimum atomic E-state index is -4.80. The molecule has 0 unspecified atom stereocenters. The molecule has 2 aliphatic heterocycles. The Kier molecular flexibility index (Phi) is 18.5. The molecule has 6 aromatic rings. The Bertz CT molecular complexity index is 3290. The number of nitriles is 1. The van der Waals surface area contributed by atoms with Crippen LogP contribution in [-0.2, 0) is 30.0 Å². The van der Waals surface area contributed by atoms with E-state index < -0.39 is 40.8 Å². The number of anilines is 4. The predicted molar refractivity (Wildman–Crippen MR) is 311 cm³/mol. The van der Waals surface area contributed by atoms with E-state index in [-0.39, 0.29) is 28.7 Å². The number of nitrogens with zero attached hydrogens (tertiary/aromatic N) is 6. The molecule has 4 N–H and O–H groups in total. The third kappa shape index (κ3) is 13.5. The van der Waals surface area contributed by atoms with Gasteiger partial charge in [-0.05, 0) is 154 Å². The first kappa shape index (κ1) is 58.7. The van der Waals surface area contributed by atoms with E-state index in [1.165, 1.54) is 6.07 Å². The quantitative estimate of drug-likeness (QED) is 0.0330. The largest absolute Gasteiger partial charge is 0.491 e. The van der Waals surface area contributed by atoms with Gasteiger partial charge in [-0.2, -0.15) is 18.4 Å². The number of fused-ring (bicyclic) bond motifs is 1. The van der Waals surface area contributed by atoms with Crippen LogP contribution < -0.4 is 35.8 Å². The summed E-state index contributed by atoms with van der Waals surface area (Å²) in [5.74, 6) is 1.51. The van der Waals surface area contributed by atoms with Gasteiger partial charge in [0.15, 0.2) is 5.11 Å². The molecule has 82 heavy (non-hydrogen) atoms. The Labute approximate surface area is 480 Å². The number of nitrogen functional groups attached to an aromatic ring is 1. The molecule has 4 atom stereocenters. The topological polar surface area (TPSA) is 198 Å². The highest BCUT2D eigenvalue weighted by Gasteiger charge is 2.51. The summed E-state index contributed by atoms with van der Waals surface area (Å²) in [5, 5.41) is 15.5. The van der Waals surface area contributed by atoms with E-state index in [1.807, 2.05) is 92.7 Å². The number of rotatable bonds is 22. The van der Waals surface area contributed by atoms with Crippen LogP contribution >= 0.6 is 12.2 Å². The number of amides is 3. The molecule has 3 heterocycles. The molecule has 0 spiro atoms. The Hall–Kier alpha value is -7.96. The molecule has 1 aromatic heterocycles. The summed E-state index contributed by atoms with van der Waals surface area (Å²) in [6.45, 7) is 9.86. The van der Waals surface area contributed by atoms with Crippen LogP contribution in [-0.4, -0.2) is 103 Å². The lowest BCUT2D eigenvalue weighted by molar-refractivity contribution is -0.137. The van der Waals surface area contributed by atoms with Crippen molar-refractivity contribution >= 4 is 57.9 Å². The standard InChI is InChI=1S/C62H66F3N9O7S/c1-39(69-57(75)45-11-9-41(10-12-45)42-13-20-48(67)21-14-42)53-37-56(71-40(2)70-53)73-54-8-6-5-7-46(54)35-55(73)58(76)68-27-28-78-29-30-79-31-32-80-33-34-81-51-25-18-44(19-26-51)43-15-22-49(23-16-43)74-60(82)72(59(77)61(74,3)4)50-24-17-47(38-66)52(36-50)62(63,64)65/h9-26,36-37,39,46,54-55H,5-8,27-35,67H2,1-4H3,(H,68,76)(H,69,75)/t39-,46-,54-,55-/m0/s1. The van der Waals surface area contributed by atoms with Crippen molar-refractivity contribution in [3.05, 3.63) is 150 Å². The van der Waals surface area contributed by atoms with Crippen molar-refractivity contribution in [2.45, 2.75) is 89.6 Å². The highest BCUT2D eigenvalue weighted by molar-refractivity contribution is 7.81. The highest BCUT2D eigenvalue weighted by atomic mass is 32.1. The van der Waals surface area contributed by atoms with Gasteiger partial charge in [-0.15, -0.1) is 0 Å². The summed E-state index contributed by atoms with van der Waals surface area (Å²) in [4.78, 5) is 55.4. The van der Waals surface area contributed by atoms with Gasteiger partial charge in [-0.3, -0.25) is 19.3 Å². The number of hydrogen-bond donors (Lipinski definition) is 3. The number of benzene rings is 5. The predicted octanol–water partition coefficient (Wildman–Crippen LogP) is 10.4. The number of halogens is 3. The van der Waals surface area contributed by atoms with Crippen molar-refractivity contribution < 1.29 is 46.5 Å². The fraction of sp³-hybridized carbons (Fsp3) is 0.371. The zero-order valence-corrected chi connectivity index (χ0v) is 47.0. The second kappa shape index (κ2) is 25.9. The normalized spacial score (nSPS) is 18.0. The van der Waals surface area contributed by atoms with Crippen LogP contribution in [0.2, 0.25) is 0 Å². The smallest absolute Gasteiger partial charge is 0.417 e. The van der Waals surface area contributed by atoms with Gasteiger partial charge in [0.2, 0.25) is 5.91 Å². The van der Waals surface area contributed by atoms with E-state index in [9.17, 15) is 32.8 Å². The number of nitrogens with one attached hydrogen (secondary N) is 2. The molecule has 20 heteroatoms. The van der Waals surface area contributed by atoms with Gasteiger partial charge in [0, 0.05) is 35.6 Å². The van der Waals surface area contributed by atoms with Crippen LogP contribution in [0.15, 0.2) is 121 Å². The van der Waals surface area contributed by atoms with Gasteiger partial charge in [0.25, 0.3) is 11.8 Å². The Morgan fingerprint density at radius 3 is 2.00 bits per heavy atom. The maximum absolute atomic E-state index is 13.9. The van der Waals surface area contributed by atoms with E-state index in [2.05, 4.69) is 15.5 Å². The van der Waals surface area contributed by atoms with Crippen molar-refractivity contribution in [3.63, 3.8) is 0 Å². The second-order valence-electron chi connectivity index (χ2n) is 21.1. The number of thiocarbonyl (C=S) groups is 1. The average Bonchev–Trinajstić information content (AvgIpc) is 2.86. The summed E-state index contributed by atoms with van der Waals surface area (Å²) in [5.41, 5.74) is 9.13. The van der Waals surface area contributed by atoms with Crippen molar-refractivity contribution in [3.8, 4) is 34.1 Å².